The van der Waals surface area contributed by atoms with Gasteiger partial charge in [0.25, 0.3) is 0 Å². The second-order valence-electron chi connectivity index (χ2n) is 5.88. The molecule has 0 aliphatic carbocycles. The van der Waals surface area contributed by atoms with E-state index < -0.39 is 93.6 Å². The Morgan fingerprint density at radius 3 is 1.17 bits per heavy atom. The molecule has 0 bridgehead atoms. The Kier molecular flexibility index (Phi) is 7.32. The zero-order valence-electron chi connectivity index (χ0n) is 15.4. The molecule has 19 heteroatoms. The Labute approximate surface area is 180 Å². The molecule has 0 aliphatic rings. The van der Waals surface area contributed by atoms with Gasteiger partial charge in [-0.15, -0.1) is 0 Å². The van der Waals surface area contributed by atoms with E-state index in [0.29, 0.717) is 5.32 Å². The molecule has 0 heterocycles. The number of nitrogens with zero attached hydrogens (tertiary/aromatic N) is 2. The lowest BCUT2D eigenvalue weighted by Gasteiger charge is -2.16. The molecule has 0 spiro atoms. The first-order valence-corrected chi connectivity index (χ1v) is 7.92. The Morgan fingerprint density at radius 2 is 0.829 bits per heavy atom. The summed E-state index contributed by atoms with van der Waals surface area (Å²) in [5, 5.41) is 0.366. The van der Waals surface area contributed by atoms with Gasteiger partial charge < -0.3 is 5.32 Å². The highest BCUT2D eigenvalue weighted by Crippen LogP contribution is 2.33. The minimum Gasteiger partial charge on any atom is -0.331 e. The van der Waals surface area contributed by atoms with Gasteiger partial charge in [-0.25, -0.2) is 53.9 Å². The van der Waals surface area contributed by atoms with Crippen molar-refractivity contribution in [3.8, 4) is 0 Å². The van der Waals surface area contributed by atoms with Crippen LogP contribution in [0.4, 0.5) is 81.6 Å². The van der Waals surface area contributed by atoms with E-state index in [9.17, 15) is 70.2 Å². The van der Waals surface area contributed by atoms with E-state index in [-0.39, 0.29) is 0 Å². The van der Waals surface area contributed by atoms with E-state index in [0.717, 1.165) is 0 Å². The van der Waals surface area contributed by atoms with Gasteiger partial charge in [-0.3, -0.25) is 0 Å². The summed E-state index contributed by atoms with van der Waals surface area (Å²) in [5.74, 6) is -35.7. The monoisotopic (exact) mass is 539 g/mol. The topological polar surface area (TPSA) is 36.8 Å². The summed E-state index contributed by atoms with van der Waals surface area (Å²) in [6.45, 7) is 0. The SMILES string of the molecule is Fc1c(F)c(F)c(N=C(N=C(Nc2c(F)c(F)c(F)c(F)c2F)C(F)(F)F)C(F)(F)F)c(F)c1F. The summed E-state index contributed by atoms with van der Waals surface area (Å²) in [7, 11) is 0. The zero-order chi connectivity index (χ0) is 27.2. The van der Waals surface area contributed by atoms with E-state index in [2.05, 4.69) is 0 Å². The fraction of sp³-hybridized carbons (Fsp3) is 0.125. The van der Waals surface area contributed by atoms with Crippen LogP contribution in [0.3, 0.4) is 0 Å². The summed E-state index contributed by atoms with van der Waals surface area (Å²) in [6, 6.07) is 0. The Morgan fingerprint density at radius 1 is 0.486 bits per heavy atom. The van der Waals surface area contributed by atoms with Crippen LogP contribution >= 0.6 is 0 Å². The van der Waals surface area contributed by atoms with Crippen molar-refractivity contribution in [1.82, 2.24) is 0 Å². The molecule has 0 fully saturated rings. The number of benzene rings is 2. The molecular formula is C16HF16N3. The van der Waals surface area contributed by atoms with Crippen molar-refractivity contribution in [2.24, 2.45) is 9.98 Å². The Balaban J connectivity index is 2.84. The van der Waals surface area contributed by atoms with Gasteiger partial charge in [0.1, 0.15) is 11.4 Å². The van der Waals surface area contributed by atoms with E-state index in [1.54, 1.807) is 4.99 Å². The molecule has 192 valence electrons. The fourth-order valence-corrected chi connectivity index (χ4v) is 2.05. The van der Waals surface area contributed by atoms with Crippen LogP contribution in [-0.2, 0) is 0 Å². The molecule has 0 atom stereocenters. The van der Waals surface area contributed by atoms with Crippen molar-refractivity contribution < 1.29 is 70.2 Å². The highest BCUT2D eigenvalue weighted by Gasteiger charge is 2.44. The highest BCUT2D eigenvalue weighted by molar-refractivity contribution is 6.08. The van der Waals surface area contributed by atoms with Gasteiger partial charge in [0.2, 0.25) is 23.3 Å². The van der Waals surface area contributed by atoms with Gasteiger partial charge in [-0.05, 0) is 0 Å². The third kappa shape index (κ3) is 5.26. The van der Waals surface area contributed by atoms with Crippen LogP contribution in [0.25, 0.3) is 0 Å². The summed E-state index contributed by atoms with van der Waals surface area (Å²) < 4.78 is 212. The summed E-state index contributed by atoms with van der Waals surface area (Å²) in [6.07, 6.45) is -12.5. The lowest BCUT2D eigenvalue weighted by molar-refractivity contribution is -0.0626. The van der Waals surface area contributed by atoms with Crippen molar-refractivity contribution in [2.75, 3.05) is 5.32 Å². The standard InChI is InChI=1S/C16HF16N3/c17-1-3(19)7(23)11(8(24)4(1)20)33-13(15(27,28)29)35-14(16(30,31)32)34-12-9(25)5(21)2(18)6(22)10(12)26/h(H,33,34,35). The molecule has 0 aromatic heterocycles. The number of halogens is 16. The van der Waals surface area contributed by atoms with Gasteiger partial charge >= 0.3 is 12.4 Å². The molecule has 0 unspecified atom stereocenters. The number of amidine groups is 2. The van der Waals surface area contributed by atoms with E-state index in [1.165, 1.54) is 0 Å². The minimum atomic E-state index is -6.28. The third-order valence-electron chi connectivity index (χ3n) is 3.60. The van der Waals surface area contributed by atoms with Crippen molar-refractivity contribution in [1.29, 1.82) is 0 Å². The van der Waals surface area contributed by atoms with Gasteiger partial charge in [0, 0.05) is 0 Å². The summed E-state index contributed by atoms with van der Waals surface area (Å²) in [5.41, 5.74) is -5.23. The number of nitrogens with one attached hydrogen (secondary N) is 1. The molecule has 0 radical (unpaired) electrons. The number of alkyl halides is 6. The van der Waals surface area contributed by atoms with Crippen LogP contribution in [0.1, 0.15) is 0 Å². The van der Waals surface area contributed by atoms with Crippen LogP contribution < -0.4 is 5.32 Å². The van der Waals surface area contributed by atoms with E-state index in [4.69, 9.17) is 0 Å². The van der Waals surface area contributed by atoms with E-state index >= 15 is 0 Å². The van der Waals surface area contributed by atoms with Gasteiger partial charge in [0.05, 0.1) is 0 Å². The highest BCUT2D eigenvalue weighted by atomic mass is 19.4. The summed E-state index contributed by atoms with van der Waals surface area (Å²) in [4.78, 5) is 3.55. The molecule has 35 heavy (non-hydrogen) atoms. The predicted octanol–water partition coefficient (Wildman–Crippen LogP) is 6.74. The van der Waals surface area contributed by atoms with Crippen molar-refractivity contribution in [3.63, 3.8) is 0 Å². The van der Waals surface area contributed by atoms with Crippen LogP contribution in [0, 0.1) is 58.2 Å². The number of anilines is 1. The van der Waals surface area contributed by atoms with Crippen LogP contribution in [0.5, 0.6) is 0 Å². The smallest absolute Gasteiger partial charge is 0.331 e. The zero-order valence-corrected chi connectivity index (χ0v) is 15.4. The van der Waals surface area contributed by atoms with Crippen molar-refractivity contribution in [3.05, 3.63) is 58.2 Å². The number of hydrogen-bond acceptors (Lipinski definition) is 1. The van der Waals surface area contributed by atoms with Gasteiger partial charge in [-0.1, -0.05) is 0 Å². The predicted molar refractivity (Wildman–Crippen MR) is 82.7 cm³/mol. The second kappa shape index (κ2) is 9.25. The molecule has 0 saturated heterocycles. The molecule has 1 N–H and O–H groups in total. The molecular weight excluding hydrogens is 538 g/mol. The first kappa shape index (κ1) is 27.7. The maximum Gasteiger partial charge on any atom is 0.451 e. The number of rotatable bonds is 2. The van der Waals surface area contributed by atoms with Gasteiger partial charge in [-0.2, -0.15) is 26.3 Å². The minimum absolute atomic E-state index is 0.366. The average molecular weight is 539 g/mol. The normalized spacial score (nSPS) is 13.5. The molecule has 2 rings (SSSR count). The van der Waals surface area contributed by atoms with Crippen LogP contribution in [-0.4, -0.2) is 24.0 Å². The molecule has 2 aromatic rings. The average Bonchev–Trinajstić information content (AvgIpc) is 2.75. The summed E-state index contributed by atoms with van der Waals surface area (Å²) >= 11 is 0. The quantitative estimate of drug-likeness (QED) is 0.148. The van der Waals surface area contributed by atoms with Crippen LogP contribution in [0.2, 0.25) is 0 Å². The first-order chi connectivity index (χ1) is 15.8. The molecule has 0 aliphatic heterocycles. The third-order valence-corrected chi connectivity index (χ3v) is 3.60. The second-order valence-corrected chi connectivity index (χ2v) is 5.88. The number of aliphatic imine (C=N–C) groups is 2. The lowest BCUT2D eigenvalue weighted by Crippen LogP contribution is -2.35. The van der Waals surface area contributed by atoms with Crippen molar-refractivity contribution in [2.45, 2.75) is 12.4 Å². The van der Waals surface area contributed by atoms with Crippen molar-refractivity contribution >= 4 is 23.0 Å². The first-order valence-electron chi connectivity index (χ1n) is 7.92. The maximum atomic E-state index is 13.6. The Bertz CT molecular complexity index is 1180. The largest absolute Gasteiger partial charge is 0.451 e. The Hall–Kier alpha value is -3.54. The lowest BCUT2D eigenvalue weighted by atomic mass is 10.2. The molecule has 0 amide bonds. The maximum absolute atomic E-state index is 13.6. The molecule has 0 saturated carbocycles. The van der Waals surface area contributed by atoms with Crippen LogP contribution in [0.15, 0.2) is 9.98 Å². The van der Waals surface area contributed by atoms with Gasteiger partial charge in [0.15, 0.2) is 46.5 Å². The molecule has 2 aromatic carbocycles. The van der Waals surface area contributed by atoms with E-state index in [1.807, 2.05) is 4.99 Å². The molecule has 3 nitrogen and oxygen atoms in total. The number of hydrogen-bond donors (Lipinski definition) is 1. The fourth-order valence-electron chi connectivity index (χ4n) is 2.05.